The largest absolute Gasteiger partial charge is 0.375 e. The molecule has 30 heavy (non-hydrogen) atoms. The highest BCUT2D eigenvalue weighted by atomic mass is 32.2. The Morgan fingerprint density at radius 1 is 0.900 bits per heavy atom. The summed E-state index contributed by atoms with van der Waals surface area (Å²) in [7, 11) is -3.74. The monoisotopic (exact) mass is 421 g/mol. The summed E-state index contributed by atoms with van der Waals surface area (Å²) in [6.45, 7) is 6.69. The molecule has 156 valence electrons. The van der Waals surface area contributed by atoms with Gasteiger partial charge in [0.2, 0.25) is 10.0 Å². The number of hydrogen-bond donors (Lipinski definition) is 0. The van der Waals surface area contributed by atoms with Crippen LogP contribution in [0.3, 0.4) is 0 Å². The molecule has 5 heteroatoms. The summed E-state index contributed by atoms with van der Waals surface area (Å²) in [5.74, 6) is 0. The second-order valence-electron chi connectivity index (χ2n) is 7.15. The number of ether oxygens (including phenoxy) is 1. The van der Waals surface area contributed by atoms with Crippen molar-refractivity contribution in [2.75, 3.05) is 6.61 Å². The minimum Gasteiger partial charge on any atom is -0.375 e. The molecule has 0 amide bonds. The third-order valence-corrected chi connectivity index (χ3v) is 6.74. The topological polar surface area (TPSA) is 46.6 Å². The molecule has 0 bridgehead atoms. The maximum absolute atomic E-state index is 13.5. The van der Waals surface area contributed by atoms with Gasteiger partial charge in [0.25, 0.3) is 0 Å². The first kappa shape index (κ1) is 22.0. The molecule has 0 aliphatic carbocycles. The summed E-state index contributed by atoms with van der Waals surface area (Å²) in [6.07, 6.45) is 1.64. The highest BCUT2D eigenvalue weighted by molar-refractivity contribution is 7.89. The van der Waals surface area contributed by atoms with Gasteiger partial charge in [0, 0.05) is 6.54 Å². The zero-order valence-electron chi connectivity index (χ0n) is 17.1. The predicted octanol–water partition coefficient (Wildman–Crippen LogP) is 4.96. The zero-order valence-corrected chi connectivity index (χ0v) is 18.0. The van der Waals surface area contributed by atoms with E-state index in [-0.39, 0.29) is 18.0 Å². The minimum absolute atomic E-state index is 0.219. The Hall–Kier alpha value is -2.73. The average Bonchev–Trinajstić information content (AvgIpc) is 2.77. The van der Waals surface area contributed by atoms with Crippen molar-refractivity contribution in [3.05, 3.63) is 114 Å². The van der Waals surface area contributed by atoms with Gasteiger partial charge in [0.05, 0.1) is 24.2 Å². The first-order valence-corrected chi connectivity index (χ1v) is 11.3. The van der Waals surface area contributed by atoms with Gasteiger partial charge in [-0.05, 0) is 30.2 Å². The summed E-state index contributed by atoms with van der Waals surface area (Å²) in [5, 5.41) is 0. The molecule has 3 rings (SSSR count). The molecule has 3 aromatic carbocycles. The lowest BCUT2D eigenvalue weighted by Crippen LogP contribution is -2.41. The first-order valence-electron chi connectivity index (χ1n) is 9.87. The predicted molar refractivity (Wildman–Crippen MR) is 120 cm³/mol. The summed E-state index contributed by atoms with van der Waals surface area (Å²) in [5.41, 5.74) is 2.95. The molecule has 0 aromatic heterocycles. The van der Waals surface area contributed by atoms with Gasteiger partial charge >= 0.3 is 0 Å². The van der Waals surface area contributed by atoms with Gasteiger partial charge in [-0.3, -0.25) is 0 Å². The van der Waals surface area contributed by atoms with Gasteiger partial charge in [-0.1, -0.05) is 84.4 Å². The van der Waals surface area contributed by atoms with Gasteiger partial charge in [-0.15, -0.1) is 6.58 Å². The van der Waals surface area contributed by atoms with Crippen molar-refractivity contribution in [2.24, 2.45) is 0 Å². The van der Waals surface area contributed by atoms with E-state index in [2.05, 4.69) is 6.58 Å². The van der Waals surface area contributed by atoms with Crippen LogP contribution in [0, 0.1) is 6.92 Å². The Morgan fingerprint density at radius 3 is 2.03 bits per heavy atom. The van der Waals surface area contributed by atoms with E-state index in [0.717, 1.165) is 16.7 Å². The molecule has 0 aliphatic rings. The number of rotatable bonds is 10. The van der Waals surface area contributed by atoms with E-state index in [0.29, 0.717) is 6.61 Å². The van der Waals surface area contributed by atoms with Crippen molar-refractivity contribution in [2.45, 2.75) is 31.0 Å². The second kappa shape index (κ2) is 10.3. The SMILES string of the molecule is C=C[C@@H](COCc1ccccc1)N(Cc1ccccc1)S(=O)(=O)c1ccc(C)cc1. The molecule has 0 radical (unpaired) electrons. The van der Waals surface area contributed by atoms with Crippen molar-refractivity contribution >= 4 is 10.0 Å². The smallest absolute Gasteiger partial charge is 0.243 e. The quantitative estimate of drug-likeness (QED) is 0.435. The standard InChI is InChI=1S/C25H27NO3S/c1-3-24(20-29-19-23-12-8-5-9-13-23)26(18-22-10-6-4-7-11-22)30(27,28)25-16-14-21(2)15-17-25/h3-17,24H,1,18-20H2,2H3/t24-/m0/s1. The van der Waals surface area contributed by atoms with E-state index < -0.39 is 16.1 Å². The minimum atomic E-state index is -3.74. The Morgan fingerprint density at radius 2 is 1.47 bits per heavy atom. The summed E-state index contributed by atoms with van der Waals surface area (Å²) in [4.78, 5) is 0.263. The van der Waals surface area contributed by atoms with Crippen LogP contribution in [0.25, 0.3) is 0 Å². The molecule has 0 aliphatic heterocycles. The molecule has 0 fully saturated rings. The zero-order chi connectivity index (χ0) is 21.4. The van der Waals surface area contributed by atoms with Crippen LogP contribution in [0.5, 0.6) is 0 Å². The van der Waals surface area contributed by atoms with Crippen LogP contribution < -0.4 is 0 Å². The maximum atomic E-state index is 13.5. The van der Waals surface area contributed by atoms with Crippen LogP contribution in [0.1, 0.15) is 16.7 Å². The lowest BCUT2D eigenvalue weighted by molar-refractivity contribution is 0.0896. The molecule has 0 N–H and O–H groups in total. The normalized spacial score (nSPS) is 12.6. The Labute approximate surface area is 179 Å². The Kier molecular flexibility index (Phi) is 7.57. The van der Waals surface area contributed by atoms with Crippen molar-refractivity contribution in [3.8, 4) is 0 Å². The summed E-state index contributed by atoms with van der Waals surface area (Å²) < 4.78 is 34.3. The van der Waals surface area contributed by atoms with Gasteiger partial charge in [0.15, 0.2) is 0 Å². The lowest BCUT2D eigenvalue weighted by atomic mass is 10.2. The fourth-order valence-corrected chi connectivity index (χ4v) is 4.70. The van der Waals surface area contributed by atoms with Crippen LogP contribution in [0.4, 0.5) is 0 Å². The van der Waals surface area contributed by atoms with Crippen LogP contribution in [0.15, 0.2) is 102 Å². The van der Waals surface area contributed by atoms with Crippen LogP contribution in [-0.2, 0) is 27.9 Å². The van der Waals surface area contributed by atoms with Gasteiger partial charge in [0.1, 0.15) is 0 Å². The van der Waals surface area contributed by atoms with E-state index in [1.807, 2.05) is 79.7 Å². The van der Waals surface area contributed by atoms with Gasteiger partial charge < -0.3 is 4.74 Å². The van der Waals surface area contributed by atoms with Crippen molar-refractivity contribution < 1.29 is 13.2 Å². The first-order chi connectivity index (χ1) is 14.5. The second-order valence-corrected chi connectivity index (χ2v) is 9.04. The summed E-state index contributed by atoms with van der Waals surface area (Å²) >= 11 is 0. The molecular formula is C25H27NO3S. The fourth-order valence-electron chi connectivity index (χ4n) is 3.13. The molecule has 0 saturated carbocycles. The summed E-state index contributed by atoms with van der Waals surface area (Å²) in [6, 6.07) is 25.8. The number of nitrogens with zero attached hydrogens (tertiary/aromatic N) is 1. The van der Waals surface area contributed by atoms with Gasteiger partial charge in [-0.25, -0.2) is 8.42 Å². The van der Waals surface area contributed by atoms with Crippen LogP contribution >= 0.6 is 0 Å². The fraction of sp³-hybridized carbons (Fsp3) is 0.200. The number of aryl methyl sites for hydroxylation is 1. The molecular weight excluding hydrogens is 394 g/mol. The third kappa shape index (κ3) is 5.66. The average molecular weight is 422 g/mol. The van der Waals surface area contributed by atoms with Crippen molar-refractivity contribution in [1.29, 1.82) is 0 Å². The number of sulfonamides is 1. The van der Waals surface area contributed by atoms with Crippen molar-refractivity contribution in [3.63, 3.8) is 0 Å². The van der Waals surface area contributed by atoms with E-state index in [1.165, 1.54) is 4.31 Å². The lowest BCUT2D eigenvalue weighted by Gasteiger charge is -2.29. The van der Waals surface area contributed by atoms with Crippen molar-refractivity contribution in [1.82, 2.24) is 4.31 Å². The molecule has 0 saturated heterocycles. The molecule has 0 heterocycles. The number of hydrogen-bond acceptors (Lipinski definition) is 3. The van der Waals surface area contributed by atoms with E-state index in [9.17, 15) is 8.42 Å². The van der Waals surface area contributed by atoms with Crippen LogP contribution in [0.2, 0.25) is 0 Å². The maximum Gasteiger partial charge on any atom is 0.243 e. The Bertz CT molecular complexity index is 1030. The highest BCUT2D eigenvalue weighted by Crippen LogP contribution is 2.23. The van der Waals surface area contributed by atoms with E-state index in [4.69, 9.17) is 4.74 Å². The molecule has 4 nitrogen and oxygen atoms in total. The molecule has 0 unspecified atom stereocenters. The number of benzene rings is 3. The van der Waals surface area contributed by atoms with Crippen LogP contribution in [-0.4, -0.2) is 25.4 Å². The molecule has 3 aromatic rings. The molecule has 0 spiro atoms. The van der Waals surface area contributed by atoms with E-state index in [1.54, 1.807) is 18.2 Å². The highest BCUT2D eigenvalue weighted by Gasteiger charge is 2.30. The third-order valence-electron chi connectivity index (χ3n) is 4.85. The van der Waals surface area contributed by atoms with E-state index >= 15 is 0 Å². The Balaban J connectivity index is 1.84. The molecule has 1 atom stereocenters. The van der Waals surface area contributed by atoms with Gasteiger partial charge in [-0.2, -0.15) is 4.31 Å².